The Kier molecular flexibility index (Phi) is 6.01. The quantitative estimate of drug-likeness (QED) is 0.435. The summed E-state index contributed by atoms with van der Waals surface area (Å²) in [5, 5.41) is 9.29. The first-order valence-corrected chi connectivity index (χ1v) is 7.37. The highest BCUT2D eigenvalue weighted by Gasteiger charge is 2.18. The number of carbonyl (C=O) groups is 2. The summed E-state index contributed by atoms with van der Waals surface area (Å²) < 4.78 is 20.8. The molecule has 0 bridgehead atoms. The molecule has 0 spiro atoms. The van der Waals surface area contributed by atoms with E-state index in [2.05, 4.69) is 0 Å². The number of benzene rings is 1. The van der Waals surface area contributed by atoms with Crippen LogP contribution >= 0.6 is 0 Å². The van der Waals surface area contributed by atoms with Crippen LogP contribution in [0.25, 0.3) is 6.08 Å². The standard InChI is InChI=1S/C18H16N2O6/c1-23-14-7-11(8-15(24-2)18(14)26-10-16(20)21)6-12(9-19)17(22)13-4-3-5-25-13/h3-8H,10H2,1-2H3,(H2,20,21)/b12-6+. The van der Waals surface area contributed by atoms with Crippen molar-refractivity contribution in [2.45, 2.75) is 0 Å². The molecule has 0 saturated heterocycles. The number of nitriles is 1. The lowest BCUT2D eigenvalue weighted by atomic mass is 10.1. The lowest BCUT2D eigenvalue weighted by Crippen LogP contribution is -2.20. The molecule has 134 valence electrons. The van der Waals surface area contributed by atoms with Gasteiger partial charge in [-0.05, 0) is 35.9 Å². The predicted octanol–water partition coefficient (Wildman–Crippen LogP) is 1.95. The minimum absolute atomic E-state index is 0.0538. The smallest absolute Gasteiger partial charge is 0.255 e. The molecule has 2 rings (SSSR count). The number of hydrogen-bond acceptors (Lipinski definition) is 7. The van der Waals surface area contributed by atoms with Gasteiger partial charge in [-0.15, -0.1) is 0 Å². The summed E-state index contributed by atoms with van der Waals surface area (Å²) in [4.78, 5) is 23.2. The van der Waals surface area contributed by atoms with Crippen molar-refractivity contribution >= 4 is 17.8 Å². The molecule has 0 fully saturated rings. The molecule has 0 unspecified atom stereocenters. The Bertz CT molecular complexity index is 853. The van der Waals surface area contributed by atoms with Crippen LogP contribution < -0.4 is 19.9 Å². The lowest BCUT2D eigenvalue weighted by Gasteiger charge is -2.14. The SMILES string of the molecule is COc1cc(/C=C(\C#N)C(=O)c2ccco2)cc(OC)c1OCC(N)=O. The average Bonchev–Trinajstić information content (AvgIpc) is 3.18. The van der Waals surface area contributed by atoms with Gasteiger partial charge in [0.2, 0.25) is 11.5 Å². The van der Waals surface area contributed by atoms with Crippen LogP contribution in [0.15, 0.2) is 40.5 Å². The monoisotopic (exact) mass is 356 g/mol. The highest BCUT2D eigenvalue weighted by atomic mass is 16.5. The van der Waals surface area contributed by atoms with Crippen LogP contribution in [0.1, 0.15) is 16.1 Å². The van der Waals surface area contributed by atoms with Gasteiger partial charge in [-0.1, -0.05) is 0 Å². The van der Waals surface area contributed by atoms with Crippen molar-refractivity contribution < 1.29 is 28.2 Å². The Morgan fingerprint density at radius 1 is 1.27 bits per heavy atom. The summed E-state index contributed by atoms with van der Waals surface area (Å²) in [6, 6.07) is 7.93. The summed E-state index contributed by atoms with van der Waals surface area (Å²) in [7, 11) is 2.80. The minimum atomic E-state index is -0.658. The Morgan fingerprint density at radius 2 is 1.92 bits per heavy atom. The zero-order valence-corrected chi connectivity index (χ0v) is 14.1. The van der Waals surface area contributed by atoms with E-state index >= 15 is 0 Å². The van der Waals surface area contributed by atoms with E-state index in [9.17, 15) is 14.9 Å². The summed E-state index contributed by atoms with van der Waals surface area (Å²) in [6.07, 6.45) is 2.72. The van der Waals surface area contributed by atoms with Crippen molar-refractivity contribution in [1.82, 2.24) is 0 Å². The number of ketones is 1. The molecule has 2 N–H and O–H groups in total. The molecular formula is C18H16N2O6. The Morgan fingerprint density at radius 3 is 2.38 bits per heavy atom. The fourth-order valence-electron chi connectivity index (χ4n) is 2.12. The van der Waals surface area contributed by atoms with E-state index in [1.807, 2.05) is 6.07 Å². The van der Waals surface area contributed by atoms with E-state index in [0.717, 1.165) is 0 Å². The van der Waals surface area contributed by atoms with Gasteiger partial charge in [-0.25, -0.2) is 0 Å². The van der Waals surface area contributed by atoms with Crippen LogP contribution in [0.4, 0.5) is 0 Å². The second kappa shape index (κ2) is 8.39. The fraction of sp³-hybridized carbons (Fsp3) is 0.167. The minimum Gasteiger partial charge on any atom is -0.493 e. The van der Waals surface area contributed by atoms with Crippen LogP contribution in [-0.2, 0) is 4.79 Å². The summed E-state index contributed by atoms with van der Waals surface area (Å²) in [5.41, 5.74) is 5.41. The molecule has 0 aliphatic rings. The number of methoxy groups -OCH3 is 2. The molecule has 8 nitrogen and oxygen atoms in total. The summed E-state index contributed by atoms with van der Waals surface area (Å²) in [6.45, 7) is -0.359. The van der Waals surface area contributed by atoms with Gasteiger partial charge in [0, 0.05) is 0 Å². The van der Waals surface area contributed by atoms with E-state index in [4.69, 9.17) is 24.4 Å². The molecule has 1 amide bonds. The van der Waals surface area contributed by atoms with Crippen molar-refractivity contribution in [1.29, 1.82) is 5.26 Å². The first-order chi connectivity index (χ1) is 12.5. The topological polar surface area (TPSA) is 125 Å². The molecule has 1 aromatic carbocycles. The predicted molar refractivity (Wildman–Crippen MR) is 90.9 cm³/mol. The number of furan rings is 1. The molecule has 0 saturated carbocycles. The Labute approximate surface area is 149 Å². The van der Waals surface area contributed by atoms with E-state index in [1.165, 1.54) is 44.8 Å². The molecule has 26 heavy (non-hydrogen) atoms. The highest BCUT2D eigenvalue weighted by molar-refractivity contribution is 6.12. The maximum Gasteiger partial charge on any atom is 0.255 e. The van der Waals surface area contributed by atoms with E-state index in [-0.39, 0.29) is 35.2 Å². The van der Waals surface area contributed by atoms with Gasteiger partial charge in [0.25, 0.3) is 5.91 Å². The summed E-state index contributed by atoms with van der Waals surface area (Å²) in [5.74, 6) is -0.475. The van der Waals surface area contributed by atoms with Crippen LogP contribution in [0.3, 0.4) is 0 Å². The third-order valence-electron chi connectivity index (χ3n) is 3.26. The van der Waals surface area contributed by atoms with Crippen molar-refractivity contribution in [3.05, 3.63) is 47.4 Å². The van der Waals surface area contributed by atoms with Gasteiger partial charge in [-0.3, -0.25) is 9.59 Å². The van der Waals surface area contributed by atoms with Crippen molar-refractivity contribution in [3.63, 3.8) is 0 Å². The maximum absolute atomic E-state index is 12.3. The second-order valence-electron chi connectivity index (χ2n) is 4.99. The third-order valence-corrected chi connectivity index (χ3v) is 3.26. The van der Waals surface area contributed by atoms with Crippen molar-refractivity contribution in [3.8, 4) is 23.3 Å². The first-order valence-electron chi connectivity index (χ1n) is 7.37. The number of ether oxygens (including phenoxy) is 3. The number of rotatable bonds is 8. The van der Waals surface area contributed by atoms with Gasteiger partial charge in [0.15, 0.2) is 23.9 Å². The van der Waals surface area contributed by atoms with Crippen LogP contribution in [0, 0.1) is 11.3 Å². The fourth-order valence-corrected chi connectivity index (χ4v) is 2.12. The molecule has 0 radical (unpaired) electrons. The third kappa shape index (κ3) is 4.21. The molecule has 0 atom stereocenters. The Balaban J connectivity index is 2.44. The van der Waals surface area contributed by atoms with Crippen LogP contribution in [-0.4, -0.2) is 32.5 Å². The molecule has 1 heterocycles. The molecular weight excluding hydrogens is 340 g/mol. The number of nitrogens with zero attached hydrogens (tertiary/aromatic N) is 1. The van der Waals surface area contributed by atoms with Crippen LogP contribution in [0.2, 0.25) is 0 Å². The van der Waals surface area contributed by atoms with E-state index in [1.54, 1.807) is 6.07 Å². The summed E-state index contributed by atoms with van der Waals surface area (Å²) >= 11 is 0. The number of allylic oxidation sites excluding steroid dienone is 1. The number of amides is 1. The van der Waals surface area contributed by atoms with Gasteiger partial charge in [0.05, 0.1) is 20.5 Å². The van der Waals surface area contributed by atoms with Gasteiger partial charge in [0.1, 0.15) is 11.6 Å². The largest absolute Gasteiger partial charge is 0.493 e. The normalized spacial score (nSPS) is 10.7. The van der Waals surface area contributed by atoms with Gasteiger partial charge in [-0.2, -0.15) is 5.26 Å². The number of primary amides is 1. The van der Waals surface area contributed by atoms with Crippen molar-refractivity contribution in [2.75, 3.05) is 20.8 Å². The van der Waals surface area contributed by atoms with Crippen LogP contribution in [0.5, 0.6) is 17.2 Å². The lowest BCUT2D eigenvalue weighted by molar-refractivity contribution is -0.120. The average molecular weight is 356 g/mol. The number of nitrogens with two attached hydrogens (primary N) is 1. The molecule has 0 aliphatic carbocycles. The second-order valence-corrected chi connectivity index (χ2v) is 4.99. The molecule has 2 aromatic rings. The number of carbonyl (C=O) groups excluding carboxylic acids is 2. The zero-order valence-electron chi connectivity index (χ0n) is 14.1. The van der Waals surface area contributed by atoms with Gasteiger partial charge < -0.3 is 24.4 Å². The van der Waals surface area contributed by atoms with E-state index in [0.29, 0.717) is 5.56 Å². The van der Waals surface area contributed by atoms with Crippen molar-refractivity contribution in [2.24, 2.45) is 5.73 Å². The number of hydrogen-bond donors (Lipinski definition) is 1. The highest BCUT2D eigenvalue weighted by Crippen LogP contribution is 2.39. The molecule has 0 aliphatic heterocycles. The molecule has 8 heteroatoms. The first kappa shape index (κ1) is 18.6. The zero-order chi connectivity index (χ0) is 19.1. The van der Waals surface area contributed by atoms with Gasteiger partial charge >= 0.3 is 0 Å². The molecule has 1 aromatic heterocycles. The Hall–Kier alpha value is -3.73. The van der Waals surface area contributed by atoms with E-state index < -0.39 is 11.7 Å². The maximum atomic E-state index is 12.3. The number of Topliss-reactive ketones (excluding diaryl/α,β-unsaturated/α-hetero) is 1.